The van der Waals surface area contributed by atoms with E-state index >= 15 is 0 Å². The van der Waals surface area contributed by atoms with Crippen LogP contribution in [0.2, 0.25) is 0 Å². The number of hydrogen-bond acceptors (Lipinski definition) is 3. The van der Waals surface area contributed by atoms with Crippen LogP contribution in [0.25, 0.3) is 0 Å². The van der Waals surface area contributed by atoms with Gasteiger partial charge >= 0.3 is 0 Å². The number of nitrogens with one attached hydrogen (secondary N) is 1. The molecule has 3 rings (SSSR count). The Morgan fingerprint density at radius 3 is 2.33 bits per heavy atom. The molecular formula is C13H26Cl2N2O. The Balaban J connectivity index is 0.000000810. The summed E-state index contributed by atoms with van der Waals surface area (Å²) < 4.78 is 0. The monoisotopic (exact) mass is 296 g/mol. The molecule has 1 unspecified atom stereocenters. The normalized spacial score (nSPS) is 31.5. The second-order valence-corrected chi connectivity index (χ2v) is 6.01. The lowest BCUT2D eigenvalue weighted by atomic mass is 9.71. The lowest BCUT2D eigenvalue weighted by molar-refractivity contribution is 0.0945. The fraction of sp³-hybridized carbons (Fsp3) is 1.00. The van der Waals surface area contributed by atoms with Crippen LogP contribution in [-0.2, 0) is 0 Å². The standard InChI is InChI=1S/C13H24N2O.2ClH/c16-9-11-8-15(12-2-1-3-12)10-13(11)4-6-14-7-5-13;;/h11-12,14,16H,1-10H2;2*1H. The summed E-state index contributed by atoms with van der Waals surface area (Å²) in [6.07, 6.45) is 6.74. The van der Waals surface area contributed by atoms with Gasteiger partial charge in [0.2, 0.25) is 0 Å². The molecule has 3 aliphatic rings. The first kappa shape index (κ1) is 16.5. The van der Waals surface area contributed by atoms with Crippen molar-refractivity contribution < 1.29 is 5.11 Å². The SMILES string of the molecule is Cl.Cl.OCC1CN(C2CCC2)CC12CCNCC2. The molecule has 2 saturated heterocycles. The van der Waals surface area contributed by atoms with Gasteiger partial charge in [-0.1, -0.05) is 6.42 Å². The van der Waals surface area contributed by atoms with Crippen molar-refractivity contribution in [1.29, 1.82) is 0 Å². The highest BCUT2D eigenvalue weighted by Gasteiger charge is 2.48. The third kappa shape index (κ3) is 2.80. The van der Waals surface area contributed by atoms with Gasteiger partial charge in [-0.25, -0.2) is 0 Å². The molecule has 5 heteroatoms. The summed E-state index contributed by atoms with van der Waals surface area (Å²) in [4.78, 5) is 2.68. The van der Waals surface area contributed by atoms with E-state index in [1.54, 1.807) is 0 Å². The third-order valence-electron chi connectivity index (χ3n) is 5.25. The summed E-state index contributed by atoms with van der Waals surface area (Å²) >= 11 is 0. The van der Waals surface area contributed by atoms with Gasteiger partial charge in [-0.05, 0) is 44.2 Å². The van der Waals surface area contributed by atoms with Crippen LogP contribution < -0.4 is 5.32 Å². The van der Waals surface area contributed by atoms with E-state index < -0.39 is 0 Å². The van der Waals surface area contributed by atoms with E-state index in [-0.39, 0.29) is 24.8 Å². The first-order chi connectivity index (χ1) is 7.84. The van der Waals surface area contributed by atoms with Gasteiger partial charge in [0.15, 0.2) is 0 Å². The highest BCUT2D eigenvalue weighted by atomic mass is 35.5. The number of aliphatic hydroxyl groups is 1. The minimum Gasteiger partial charge on any atom is -0.396 e. The van der Waals surface area contributed by atoms with Crippen molar-refractivity contribution in [2.45, 2.75) is 38.1 Å². The average molecular weight is 297 g/mol. The van der Waals surface area contributed by atoms with Gasteiger partial charge in [0, 0.05) is 31.7 Å². The zero-order valence-corrected chi connectivity index (χ0v) is 12.6. The maximum absolute atomic E-state index is 9.63. The summed E-state index contributed by atoms with van der Waals surface area (Å²) in [5.41, 5.74) is 0.440. The first-order valence-corrected chi connectivity index (χ1v) is 6.90. The van der Waals surface area contributed by atoms with E-state index in [1.807, 2.05) is 0 Å². The van der Waals surface area contributed by atoms with Crippen LogP contribution in [0.1, 0.15) is 32.1 Å². The first-order valence-electron chi connectivity index (χ1n) is 6.90. The Morgan fingerprint density at radius 2 is 1.83 bits per heavy atom. The van der Waals surface area contributed by atoms with E-state index in [0.29, 0.717) is 17.9 Å². The van der Waals surface area contributed by atoms with E-state index in [4.69, 9.17) is 0 Å². The van der Waals surface area contributed by atoms with Gasteiger partial charge < -0.3 is 10.4 Å². The van der Waals surface area contributed by atoms with E-state index in [1.165, 1.54) is 38.6 Å². The number of nitrogens with zero attached hydrogens (tertiary/aromatic N) is 1. The van der Waals surface area contributed by atoms with Crippen LogP contribution in [-0.4, -0.2) is 48.8 Å². The van der Waals surface area contributed by atoms with E-state index in [9.17, 15) is 5.11 Å². The second-order valence-electron chi connectivity index (χ2n) is 6.01. The van der Waals surface area contributed by atoms with E-state index in [2.05, 4.69) is 10.2 Å². The molecule has 2 heterocycles. The van der Waals surface area contributed by atoms with Crippen LogP contribution in [0.4, 0.5) is 0 Å². The maximum Gasteiger partial charge on any atom is 0.0477 e. The number of rotatable bonds is 2. The Bertz CT molecular complexity index is 255. The van der Waals surface area contributed by atoms with Crippen molar-refractivity contribution in [1.82, 2.24) is 10.2 Å². The van der Waals surface area contributed by atoms with Gasteiger partial charge in [0.1, 0.15) is 0 Å². The molecule has 2 N–H and O–H groups in total. The molecule has 0 bridgehead atoms. The fourth-order valence-electron chi connectivity index (χ4n) is 3.85. The lowest BCUT2D eigenvalue weighted by Crippen LogP contribution is -2.44. The summed E-state index contributed by atoms with van der Waals surface area (Å²) in [6, 6.07) is 0.850. The number of hydrogen-bond donors (Lipinski definition) is 2. The molecule has 3 nitrogen and oxygen atoms in total. The molecule has 1 spiro atoms. The number of likely N-dealkylation sites (tertiary alicyclic amines) is 1. The van der Waals surface area contributed by atoms with Gasteiger partial charge in [-0.2, -0.15) is 0 Å². The number of piperidine rings is 1. The van der Waals surface area contributed by atoms with Crippen LogP contribution in [0, 0.1) is 11.3 Å². The van der Waals surface area contributed by atoms with Crippen molar-refractivity contribution in [3.63, 3.8) is 0 Å². The summed E-state index contributed by atoms with van der Waals surface area (Å²) in [7, 11) is 0. The van der Waals surface area contributed by atoms with Crippen LogP contribution in [0.15, 0.2) is 0 Å². The largest absolute Gasteiger partial charge is 0.396 e. The molecule has 108 valence electrons. The number of aliphatic hydroxyl groups excluding tert-OH is 1. The highest BCUT2D eigenvalue weighted by molar-refractivity contribution is 5.85. The Kier molecular flexibility index (Phi) is 6.20. The van der Waals surface area contributed by atoms with Crippen LogP contribution >= 0.6 is 24.8 Å². The Morgan fingerprint density at radius 1 is 1.17 bits per heavy atom. The van der Waals surface area contributed by atoms with Crippen LogP contribution in [0.5, 0.6) is 0 Å². The Hall–Kier alpha value is 0.460. The Labute approximate surface area is 123 Å². The minimum atomic E-state index is 0. The van der Waals surface area contributed by atoms with Crippen LogP contribution in [0.3, 0.4) is 0 Å². The third-order valence-corrected chi connectivity index (χ3v) is 5.25. The quantitative estimate of drug-likeness (QED) is 0.814. The van der Waals surface area contributed by atoms with Crippen molar-refractivity contribution >= 4 is 24.8 Å². The van der Waals surface area contributed by atoms with Gasteiger partial charge in [0.25, 0.3) is 0 Å². The molecule has 0 aromatic rings. The molecule has 0 amide bonds. The topological polar surface area (TPSA) is 35.5 Å². The molecule has 1 aliphatic carbocycles. The predicted octanol–water partition coefficient (Wildman–Crippen LogP) is 1.68. The lowest BCUT2D eigenvalue weighted by Gasteiger charge is -2.39. The molecule has 1 saturated carbocycles. The van der Waals surface area contributed by atoms with Crippen molar-refractivity contribution in [3.05, 3.63) is 0 Å². The van der Waals surface area contributed by atoms with E-state index in [0.717, 1.165) is 25.7 Å². The maximum atomic E-state index is 9.63. The smallest absolute Gasteiger partial charge is 0.0477 e. The molecular weight excluding hydrogens is 271 g/mol. The molecule has 18 heavy (non-hydrogen) atoms. The van der Waals surface area contributed by atoms with Gasteiger partial charge in [-0.3, -0.25) is 4.90 Å². The molecule has 3 fully saturated rings. The highest BCUT2D eigenvalue weighted by Crippen LogP contribution is 2.45. The van der Waals surface area contributed by atoms with Gasteiger partial charge in [0.05, 0.1) is 0 Å². The summed E-state index contributed by atoms with van der Waals surface area (Å²) in [6.45, 7) is 5.10. The molecule has 1 atom stereocenters. The fourth-order valence-corrected chi connectivity index (χ4v) is 3.85. The minimum absolute atomic E-state index is 0. The van der Waals surface area contributed by atoms with Crippen molar-refractivity contribution in [3.8, 4) is 0 Å². The second kappa shape index (κ2) is 6.76. The molecule has 0 aromatic heterocycles. The molecule has 0 radical (unpaired) electrons. The predicted molar refractivity (Wildman–Crippen MR) is 78.8 cm³/mol. The van der Waals surface area contributed by atoms with Gasteiger partial charge in [-0.15, -0.1) is 24.8 Å². The average Bonchev–Trinajstić information content (AvgIpc) is 2.55. The zero-order chi connectivity index (χ0) is 11.0. The summed E-state index contributed by atoms with van der Waals surface area (Å²) in [5.74, 6) is 0.537. The summed E-state index contributed by atoms with van der Waals surface area (Å²) in [5, 5.41) is 13.1. The van der Waals surface area contributed by atoms with Crippen molar-refractivity contribution in [2.75, 3.05) is 32.8 Å². The molecule has 0 aromatic carbocycles. The van der Waals surface area contributed by atoms with Crippen molar-refractivity contribution in [2.24, 2.45) is 11.3 Å². The number of halogens is 2. The molecule has 2 aliphatic heterocycles. The zero-order valence-electron chi connectivity index (χ0n) is 10.9.